The maximum Gasteiger partial charge on any atom is 0.326 e. The molecule has 1 fully saturated rings. The van der Waals surface area contributed by atoms with Crippen LogP contribution in [0.2, 0.25) is 0 Å². The number of nitrogens with zero attached hydrogens (tertiary/aromatic N) is 1. The van der Waals surface area contributed by atoms with Crippen molar-refractivity contribution >= 4 is 19.2 Å². The van der Waals surface area contributed by atoms with Gasteiger partial charge in [0, 0.05) is 24.8 Å². The topological polar surface area (TPSA) is 121 Å². The Morgan fingerprint density at radius 1 is 1.17 bits per heavy atom. The lowest BCUT2D eigenvalue weighted by Gasteiger charge is -2.28. The van der Waals surface area contributed by atoms with Crippen molar-refractivity contribution in [3.05, 3.63) is 35.9 Å². The van der Waals surface area contributed by atoms with Gasteiger partial charge in [-0.25, -0.2) is 4.79 Å². The molecule has 0 radical (unpaired) electrons. The van der Waals surface area contributed by atoms with Gasteiger partial charge >= 0.3 is 5.97 Å². The Labute approximate surface area is 179 Å². The molecule has 1 aliphatic rings. The molecule has 1 heterocycles. The molecular weight excluding hydrogens is 403 g/mol. The Bertz CT molecular complexity index is 727. The molecule has 2 rings (SSSR count). The van der Waals surface area contributed by atoms with Crippen molar-refractivity contribution in [2.24, 2.45) is 11.7 Å². The second-order valence-electron chi connectivity index (χ2n) is 8.20. The molecule has 1 aromatic carbocycles. The van der Waals surface area contributed by atoms with E-state index in [-0.39, 0.29) is 18.2 Å². The Morgan fingerprint density at radius 2 is 1.90 bits per heavy atom. The zero-order chi connectivity index (χ0) is 22.0. The first kappa shape index (κ1) is 24.6. The first-order valence-electron chi connectivity index (χ1n) is 10.9. The molecule has 168 valence electrons. The molecule has 1 amide bonds. The average molecular weight is 439 g/mol. The van der Waals surface area contributed by atoms with Crippen LogP contribution in [0.25, 0.3) is 0 Å². The number of unbranched alkanes of at least 4 members (excludes halogenated alkanes) is 2. The van der Waals surface area contributed by atoms with E-state index in [2.05, 4.69) is 0 Å². The largest absolute Gasteiger partial charge is 0.480 e. The van der Waals surface area contributed by atoms with Crippen molar-refractivity contribution in [2.45, 2.75) is 57.4 Å². The molecule has 3 atom stereocenters. The first-order valence-corrected chi connectivity index (χ1v) is 12.9. The van der Waals surface area contributed by atoms with Crippen molar-refractivity contribution in [3.8, 4) is 0 Å². The van der Waals surface area contributed by atoms with Gasteiger partial charge in [0.1, 0.15) is 6.04 Å². The molecule has 0 aliphatic carbocycles. The molecule has 0 aromatic heterocycles. The maximum atomic E-state index is 13.0. The van der Waals surface area contributed by atoms with E-state index in [4.69, 9.17) is 5.73 Å². The third-order valence-electron chi connectivity index (χ3n) is 5.75. The minimum absolute atomic E-state index is 0.0788. The average Bonchev–Trinajstić information content (AvgIpc) is 3.21. The van der Waals surface area contributed by atoms with Crippen molar-refractivity contribution in [3.63, 3.8) is 0 Å². The number of benzene rings is 1. The number of rotatable bonds is 13. The Kier molecular flexibility index (Phi) is 10.0. The van der Waals surface area contributed by atoms with Crippen LogP contribution in [0.15, 0.2) is 30.3 Å². The molecule has 1 aromatic rings. The molecule has 4 N–H and O–H groups in total. The summed E-state index contributed by atoms with van der Waals surface area (Å²) >= 11 is 0. The van der Waals surface area contributed by atoms with Gasteiger partial charge in [0.25, 0.3) is 0 Å². The fourth-order valence-corrected chi connectivity index (χ4v) is 6.05. The normalized spacial score (nSPS) is 19.4. The predicted octanol–water partition coefficient (Wildman–Crippen LogP) is 3.10. The summed E-state index contributed by atoms with van der Waals surface area (Å²) < 4.78 is 12.8. The van der Waals surface area contributed by atoms with E-state index in [1.165, 1.54) is 10.5 Å². The first-order chi connectivity index (χ1) is 14.3. The van der Waals surface area contributed by atoms with Crippen molar-refractivity contribution in [1.82, 2.24) is 4.90 Å². The number of carboxylic acid groups (broad SMARTS) is 1. The van der Waals surface area contributed by atoms with Gasteiger partial charge in [0.15, 0.2) is 0 Å². The van der Waals surface area contributed by atoms with Crippen LogP contribution in [0, 0.1) is 5.92 Å². The number of aliphatic carboxylic acids is 1. The standard InChI is InChI=1S/C22H35N2O5P/c23-14-6-4-12-19(21(25)24-15-8-13-20(24)22(26)27)17-30(28,29)16-7-5-11-18-9-2-1-3-10-18/h1-3,9-10,19-20H,4-8,11-17,23H2,(H,26,27)(H,28,29)/t19?,20-/m0/s1. The van der Waals surface area contributed by atoms with Crippen LogP contribution in [0.5, 0.6) is 0 Å². The Morgan fingerprint density at radius 3 is 2.57 bits per heavy atom. The quantitative estimate of drug-likeness (QED) is 0.321. The number of nitrogens with two attached hydrogens (primary N) is 1. The minimum Gasteiger partial charge on any atom is -0.480 e. The van der Waals surface area contributed by atoms with Crippen LogP contribution in [0.4, 0.5) is 0 Å². The van der Waals surface area contributed by atoms with Gasteiger partial charge in [-0.2, -0.15) is 0 Å². The highest BCUT2D eigenvalue weighted by Crippen LogP contribution is 2.45. The third-order valence-corrected chi connectivity index (χ3v) is 7.77. The van der Waals surface area contributed by atoms with Crippen molar-refractivity contribution < 1.29 is 24.2 Å². The molecule has 0 saturated carbocycles. The molecule has 7 nitrogen and oxygen atoms in total. The number of carbonyl (C=O) groups excluding carboxylic acids is 1. The van der Waals surface area contributed by atoms with E-state index in [0.717, 1.165) is 19.3 Å². The van der Waals surface area contributed by atoms with Gasteiger partial charge in [0.2, 0.25) is 13.3 Å². The van der Waals surface area contributed by atoms with Gasteiger partial charge < -0.3 is 20.6 Å². The van der Waals surface area contributed by atoms with E-state index >= 15 is 0 Å². The zero-order valence-corrected chi connectivity index (χ0v) is 18.5. The highest BCUT2D eigenvalue weighted by atomic mass is 31.2. The molecule has 1 saturated heterocycles. The van der Waals surface area contributed by atoms with Gasteiger partial charge in [-0.15, -0.1) is 0 Å². The van der Waals surface area contributed by atoms with E-state index in [1.807, 2.05) is 30.3 Å². The molecule has 2 unspecified atom stereocenters. The number of carboxylic acids is 1. The van der Waals surface area contributed by atoms with E-state index in [9.17, 15) is 24.2 Å². The summed E-state index contributed by atoms with van der Waals surface area (Å²) in [4.78, 5) is 36.5. The summed E-state index contributed by atoms with van der Waals surface area (Å²) in [5, 5.41) is 9.38. The summed E-state index contributed by atoms with van der Waals surface area (Å²) in [5.41, 5.74) is 6.76. The SMILES string of the molecule is NCCCCC(CP(=O)(O)CCCCc1ccccc1)C(=O)N1CCC[C@H]1C(=O)O. The molecular formula is C22H35N2O5P. The fraction of sp³-hybridized carbons (Fsp3) is 0.636. The van der Waals surface area contributed by atoms with Crippen LogP contribution in [0.1, 0.15) is 50.5 Å². The second kappa shape index (κ2) is 12.2. The molecule has 0 bridgehead atoms. The summed E-state index contributed by atoms with van der Waals surface area (Å²) in [5.74, 6) is -1.92. The van der Waals surface area contributed by atoms with Gasteiger partial charge in [-0.1, -0.05) is 36.8 Å². The van der Waals surface area contributed by atoms with Crippen LogP contribution in [-0.4, -0.2) is 58.2 Å². The van der Waals surface area contributed by atoms with E-state index in [0.29, 0.717) is 45.2 Å². The number of carbonyl (C=O) groups is 2. The fourth-order valence-electron chi connectivity index (χ4n) is 4.12. The smallest absolute Gasteiger partial charge is 0.326 e. The van der Waals surface area contributed by atoms with Gasteiger partial charge in [-0.3, -0.25) is 9.36 Å². The maximum absolute atomic E-state index is 13.0. The Balaban J connectivity index is 1.93. The molecule has 30 heavy (non-hydrogen) atoms. The highest BCUT2D eigenvalue weighted by molar-refractivity contribution is 7.58. The number of aryl methyl sites for hydroxylation is 1. The lowest BCUT2D eigenvalue weighted by atomic mass is 10.0. The molecule has 0 spiro atoms. The van der Waals surface area contributed by atoms with Crippen LogP contribution >= 0.6 is 7.37 Å². The lowest BCUT2D eigenvalue weighted by molar-refractivity contribution is -0.149. The summed E-state index contributed by atoms with van der Waals surface area (Å²) in [6.45, 7) is 0.897. The molecule has 1 aliphatic heterocycles. The van der Waals surface area contributed by atoms with Crippen LogP contribution < -0.4 is 5.73 Å². The van der Waals surface area contributed by atoms with E-state index in [1.54, 1.807) is 0 Å². The minimum atomic E-state index is -3.48. The highest BCUT2D eigenvalue weighted by Gasteiger charge is 2.38. The number of hydrogen-bond acceptors (Lipinski definition) is 4. The number of amides is 1. The van der Waals surface area contributed by atoms with Gasteiger partial charge in [-0.05, 0) is 57.1 Å². The summed E-state index contributed by atoms with van der Waals surface area (Å²) in [6.07, 6.45) is 5.36. The van der Waals surface area contributed by atoms with Crippen molar-refractivity contribution in [2.75, 3.05) is 25.4 Å². The Hall–Kier alpha value is -1.69. The second-order valence-corrected chi connectivity index (χ2v) is 10.7. The van der Waals surface area contributed by atoms with Crippen LogP contribution in [0.3, 0.4) is 0 Å². The van der Waals surface area contributed by atoms with Gasteiger partial charge in [0.05, 0.1) is 0 Å². The van der Waals surface area contributed by atoms with E-state index < -0.39 is 25.3 Å². The third kappa shape index (κ3) is 7.86. The predicted molar refractivity (Wildman–Crippen MR) is 118 cm³/mol. The molecule has 8 heteroatoms. The summed E-state index contributed by atoms with van der Waals surface area (Å²) in [7, 11) is -3.48. The van der Waals surface area contributed by atoms with Crippen molar-refractivity contribution in [1.29, 1.82) is 0 Å². The number of likely N-dealkylation sites (tertiary alicyclic amines) is 1. The number of hydrogen-bond donors (Lipinski definition) is 3. The summed E-state index contributed by atoms with van der Waals surface area (Å²) in [6, 6.07) is 9.18. The van der Waals surface area contributed by atoms with Crippen LogP contribution in [-0.2, 0) is 20.6 Å². The monoisotopic (exact) mass is 438 g/mol. The lowest BCUT2D eigenvalue weighted by Crippen LogP contribution is -2.44. The zero-order valence-electron chi connectivity index (χ0n) is 17.6.